The summed E-state index contributed by atoms with van der Waals surface area (Å²) in [5.74, 6) is 0.396. The number of ether oxygens (including phenoxy) is 2. The number of carbonyl (C=O) groups excluding carboxylic acids is 1. The van der Waals surface area contributed by atoms with Crippen LogP contribution in [-0.4, -0.2) is 23.6 Å². The monoisotopic (exact) mass is 453 g/mol. The Morgan fingerprint density at radius 3 is 2.24 bits per heavy atom. The zero-order chi connectivity index (χ0) is 23.9. The summed E-state index contributed by atoms with van der Waals surface area (Å²) in [4.78, 5) is 24.7. The van der Waals surface area contributed by atoms with Crippen LogP contribution in [0.25, 0.3) is 11.1 Å². The number of carboxylic acid groups (broad SMARTS) is 1. The first-order valence-corrected chi connectivity index (χ1v) is 10.8. The SMILES string of the molecule is CCOc1cccc(-c2cc(NC(=O)c3cccc(Oc4ccccc4)c3)cc(C(=O)O)c2)c1. The maximum atomic E-state index is 13.0. The summed E-state index contributed by atoms with van der Waals surface area (Å²) >= 11 is 0. The molecule has 170 valence electrons. The molecule has 0 aliphatic heterocycles. The third-order valence-corrected chi connectivity index (χ3v) is 4.99. The van der Waals surface area contributed by atoms with Crippen LogP contribution in [-0.2, 0) is 0 Å². The molecular weight excluding hydrogens is 430 g/mol. The molecule has 0 fully saturated rings. The molecule has 0 aromatic heterocycles. The van der Waals surface area contributed by atoms with E-state index >= 15 is 0 Å². The average Bonchev–Trinajstić information content (AvgIpc) is 2.85. The predicted molar refractivity (Wildman–Crippen MR) is 131 cm³/mol. The number of carboxylic acids is 1. The lowest BCUT2D eigenvalue weighted by atomic mass is 10.0. The zero-order valence-corrected chi connectivity index (χ0v) is 18.5. The van der Waals surface area contributed by atoms with Crippen molar-refractivity contribution in [3.8, 4) is 28.4 Å². The number of amides is 1. The second kappa shape index (κ2) is 10.4. The first-order chi connectivity index (χ1) is 16.5. The normalized spacial score (nSPS) is 10.4. The number of hydrogen-bond acceptors (Lipinski definition) is 4. The number of rotatable bonds is 8. The molecule has 34 heavy (non-hydrogen) atoms. The molecule has 4 aromatic rings. The fourth-order valence-corrected chi connectivity index (χ4v) is 3.45. The summed E-state index contributed by atoms with van der Waals surface area (Å²) in [5.41, 5.74) is 2.25. The van der Waals surface area contributed by atoms with E-state index in [1.165, 1.54) is 6.07 Å². The Hall–Kier alpha value is -4.58. The van der Waals surface area contributed by atoms with Crippen molar-refractivity contribution in [2.24, 2.45) is 0 Å². The van der Waals surface area contributed by atoms with Crippen LogP contribution in [0.2, 0.25) is 0 Å². The van der Waals surface area contributed by atoms with E-state index in [4.69, 9.17) is 9.47 Å². The van der Waals surface area contributed by atoms with Crippen molar-refractivity contribution < 1.29 is 24.2 Å². The van der Waals surface area contributed by atoms with Gasteiger partial charge in [-0.25, -0.2) is 4.79 Å². The summed E-state index contributed by atoms with van der Waals surface area (Å²) in [5, 5.41) is 12.4. The molecule has 0 radical (unpaired) electrons. The quantitative estimate of drug-likeness (QED) is 0.318. The summed E-state index contributed by atoms with van der Waals surface area (Å²) in [7, 11) is 0. The maximum Gasteiger partial charge on any atom is 0.335 e. The van der Waals surface area contributed by atoms with Crippen molar-refractivity contribution in [2.45, 2.75) is 6.92 Å². The Balaban J connectivity index is 1.60. The Kier molecular flexibility index (Phi) is 6.89. The number of benzene rings is 4. The lowest BCUT2D eigenvalue weighted by Crippen LogP contribution is -2.12. The minimum absolute atomic E-state index is 0.0655. The van der Waals surface area contributed by atoms with E-state index in [0.717, 1.165) is 5.56 Å². The molecule has 6 heteroatoms. The highest BCUT2D eigenvalue weighted by Crippen LogP contribution is 2.29. The lowest BCUT2D eigenvalue weighted by molar-refractivity contribution is 0.0696. The maximum absolute atomic E-state index is 13.0. The Labute approximate surface area is 197 Å². The highest BCUT2D eigenvalue weighted by atomic mass is 16.5. The van der Waals surface area contributed by atoms with E-state index in [0.29, 0.717) is 40.7 Å². The van der Waals surface area contributed by atoms with E-state index in [-0.39, 0.29) is 11.5 Å². The minimum atomic E-state index is -1.09. The van der Waals surface area contributed by atoms with Crippen molar-refractivity contribution in [3.63, 3.8) is 0 Å². The third kappa shape index (κ3) is 5.61. The van der Waals surface area contributed by atoms with Crippen molar-refractivity contribution in [3.05, 3.63) is 108 Å². The molecule has 0 aliphatic carbocycles. The summed E-state index contributed by atoms with van der Waals surface area (Å²) in [6.45, 7) is 2.41. The molecule has 6 nitrogen and oxygen atoms in total. The predicted octanol–water partition coefficient (Wildman–Crippen LogP) is 6.50. The van der Waals surface area contributed by atoms with Crippen LogP contribution in [0.15, 0.2) is 97.1 Å². The van der Waals surface area contributed by atoms with Gasteiger partial charge in [-0.3, -0.25) is 4.79 Å². The van der Waals surface area contributed by atoms with Crippen LogP contribution in [0.3, 0.4) is 0 Å². The molecule has 0 aliphatic rings. The topological polar surface area (TPSA) is 84.9 Å². The highest BCUT2D eigenvalue weighted by molar-refractivity contribution is 6.05. The van der Waals surface area contributed by atoms with Crippen molar-refractivity contribution in [1.82, 2.24) is 0 Å². The van der Waals surface area contributed by atoms with Gasteiger partial charge in [0.25, 0.3) is 5.91 Å². The molecule has 0 saturated carbocycles. The molecule has 2 N–H and O–H groups in total. The minimum Gasteiger partial charge on any atom is -0.494 e. The Morgan fingerprint density at radius 2 is 1.47 bits per heavy atom. The van der Waals surface area contributed by atoms with Gasteiger partial charge < -0.3 is 19.9 Å². The van der Waals surface area contributed by atoms with Gasteiger partial charge in [0.2, 0.25) is 0 Å². The molecular formula is C28H23NO5. The number of anilines is 1. The van der Waals surface area contributed by atoms with Crippen LogP contribution >= 0.6 is 0 Å². The standard InChI is InChI=1S/C28H23NO5/c1-2-33-25-12-6-8-19(17-25)21-14-22(28(31)32)16-23(15-21)29-27(30)20-9-7-13-26(18-20)34-24-10-4-3-5-11-24/h3-18H,2H2,1H3,(H,29,30)(H,31,32). The molecule has 0 atom stereocenters. The first kappa shape index (κ1) is 22.6. The van der Waals surface area contributed by atoms with Crippen LogP contribution in [0.1, 0.15) is 27.6 Å². The number of carbonyl (C=O) groups is 2. The largest absolute Gasteiger partial charge is 0.494 e. The van der Waals surface area contributed by atoms with E-state index in [1.54, 1.807) is 36.4 Å². The van der Waals surface area contributed by atoms with Gasteiger partial charge in [0.1, 0.15) is 17.2 Å². The van der Waals surface area contributed by atoms with E-state index in [1.807, 2.05) is 61.5 Å². The lowest BCUT2D eigenvalue weighted by Gasteiger charge is -2.12. The molecule has 0 heterocycles. The molecule has 0 bridgehead atoms. The first-order valence-electron chi connectivity index (χ1n) is 10.8. The molecule has 0 spiro atoms. The van der Waals surface area contributed by atoms with E-state index < -0.39 is 5.97 Å². The smallest absolute Gasteiger partial charge is 0.335 e. The molecule has 0 unspecified atom stereocenters. The van der Waals surface area contributed by atoms with Crippen LogP contribution in [0.4, 0.5) is 5.69 Å². The number of hydrogen-bond donors (Lipinski definition) is 2. The molecule has 4 rings (SSSR count). The van der Waals surface area contributed by atoms with Gasteiger partial charge >= 0.3 is 5.97 Å². The van der Waals surface area contributed by atoms with Crippen molar-refractivity contribution in [1.29, 1.82) is 0 Å². The van der Waals surface area contributed by atoms with Crippen LogP contribution < -0.4 is 14.8 Å². The Bertz CT molecular complexity index is 1320. The van der Waals surface area contributed by atoms with Gasteiger partial charge in [-0.15, -0.1) is 0 Å². The number of para-hydroxylation sites is 1. The van der Waals surface area contributed by atoms with Gasteiger partial charge in [0.15, 0.2) is 0 Å². The fourth-order valence-electron chi connectivity index (χ4n) is 3.45. The summed E-state index contributed by atoms with van der Waals surface area (Å²) in [6, 6.07) is 28.2. The zero-order valence-electron chi connectivity index (χ0n) is 18.5. The fraction of sp³-hybridized carbons (Fsp3) is 0.0714. The molecule has 4 aromatic carbocycles. The van der Waals surface area contributed by atoms with Gasteiger partial charge in [-0.2, -0.15) is 0 Å². The molecule has 1 amide bonds. The van der Waals surface area contributed by atoms with Crippen LogP contribution in [0.5, 0.6) is 17.2 Å². The average molecular weight is 453 g/mol. The van der Waals surface area contributed by atoms with Crippen molar-refractivity contribution >= 4 is 17.6 Å². The summed E-state index contributed by atoms with van der Waals surface area (Å²) < 4.78 is 11.4. The van der Waals surface area contributed by atoms with Crippen LogP contribution in [0, 0.1) is 0 Å². The second-order valence-electron chi connectivity index (χ2n) is 7.46. The number of nitrogens with one attached hydrogen (secondary N) is 1. The Morgan fingerprint density at radius 1 is 0.735 bits per heavy atom. The number of aromatic carboxylic acids is 1. The van der Waals surface area contributed by atoms with Gasteiger partial charge in [0.05, 0.1) is 12.2 Å². The van der Waals surface area contributed by atoms with Gasteiger partial charge in [-0.05, 0) is 78.7 Å². The summed E-state index contributed by atoms with van der Waals surface area (Å²) in [6.07, 6.45) is 0. The third-order valence-electron chi connectivity index (χ3n) is 4.99. The molecule has 0 saturated heterocycles. The highest BCUT2D eigenvalue weighted by Gasteiger charge is 2.13. The van der Waals surface area contributed by atoms with Crippen molar-refractivity contribution in [2.75, 3.05) is 11.9 Å². The van der Waals surface area contributed by atoms with Gasteiger partial charge in [-0.1, -0.05) is 36.4 Å². The van der Waals surface area contributed by atoms with E-state index in [9.17, 15) is 14.7 Å². The second-order valence-corrected chi connectivity index (χ2v) is 7.46. The van der Waals surface area contributed by atoms with E-state index in [2.05, 4.69) is 5.32 Å². The van der Waals surface area contributed by atoms with Gasteiger partial charge in [0, 0.05) is 11.3 Å².